The molecule has 0 aliphatic carbocycles. The fraction of sp³-hybridized carbons (Fsp3) is 0.231. The smallest absolute Gasteiger partial charge is 0.185 e. The molecule has 0 atom stereocenters. The van der Waals surface area contributed by atoms with Crippen LogP contribution in [0.4, 0.5) is 4.39 Å². The number of hydrogen-bond acceptors (Lipinski definition) is 4. The van der Waals surface area contributed by atoms with Crippen LogP contribution in [0.3, 0.4) is 0 Å². The molecule has 98 valence electrons. The molecule has 1 aromatic heterocycles. The van der Waals surface area contributed by atoms with E-state index < -0.39 is 0 Å². The van der Waals surface area contributed by atoms with E-state index in [1.165, 1.54) is 12.1 Å². The van der Waals surface area contributed by atoms with Gasteiger partial charge in [0.2, 0.25) is 0 Å². The van der Waals surface area contributed by atoms with Crippen molar-refractivity contribution in [2.24, 2.45) is 0 Å². The van der Waals surface area contributed by atoms with Crippen LogP contribution in [0.1, 0.15) is 31.3 Å². The van der Waals surface area contributed by atoms with Gasteiger partial charge in [0.25, 0.3) is 0 Å². The van der Waals surface area contributed by atoms with Crippen LogP contribution < -0.4 is 0 Å². The number of rotatable bonds is 4. The first-order chi connectivity index (χ1) is 9.11. The van der Waals surface area contributed by atoms with Gasteiger partial charge in [0.05, 0.1) is 11.6 Å². The maximum absolute atomic E-state index is 12.8. The van der Waals surface area contributed by atoms with Crippen molar-refractivity contribution in [3.05, 3.63) is 41.5 Å². The minimum atomic E-state index is -0.322. The highest BCUT2D eigenvalue weighted by atomic mass is 19.1. The topological polar surface area (TPSA) is 60.7 Å². The van der Waals surface area contributed by atoms with Crippen molar-refractivity contribution in [1.82, 2.24) is 20.2 Å². The van der Waals surface area contributed by atoms with Crippen molar-refractivity contribution in [2.75, 3.05) is 0 Å². The Morgan fingerprint density at radius 2 is 2.00 bits per heavy atom. The number of carbonyl (C=O) groups is 1. The van der Waals surface area contributed by atoms with E-state index in [0.717, 1.165) is 0 Å². The second-order valence-corrected chi connectivity index (χ2v) is 4.31. The van der Waals surface area contributed by atoms with Crippen molar-refractivity contribution in [3.8, 4) is 0 Å². The first-order valence-electron chi connectivity index (χ1n) is 5.82. The molecule has 19 heavy (non-hydrogen) atoms. The zero-order valence-corrected chi connectivity index (χ0v) is 10.6. The van der Waals surface area contributed by atoms with E-state index in [-0.39, 0.29) is 11.9 Å². The van der Waals surface area contributed by atoms with E-state index in [1.54, 1.807) is 22.9 Å². The molecule has 0 unspecified atom stereocenters. The van der Waals surface area contributed by atoms with Crippen LogP contribution in [0.15, 0.2) is 24.3 Å². The van der Waals surface area contributed by atoms with Crippen LogP contribution in [0.2, 0.25) is 0 Å². The molecule has 0 fully saturated rings. The Labute approximate surface area is 109 Å². The van der Waals surface area contributed by atoms with Gasteiger partial charge in [-0.1, -0.05) is 12.1 Å². The highest BCUT2D eigenvalue weighted by Crippen LogP contribution is 2.16. The van der Waals surface area contributed by atoms with Gasteiger partial charge in [0.1, 0.15) is 5.82 Å². The molecular weight excluding hydrogens is 247 g/mol. The molecule has 2 rings (SSSR count). The molecular formula is C13H13FN4O. The Morgan fingerprint density at radius 3 is 2.58 bits per heavy atom. The van der Waals surface area contributed by atoms with Gasteiger partial charge in [-0.2, -0.15) is 0 Å². The molecule has 0 aliphatic rings. The number of tetrazole rings is 1. The molecule has 6 heteroatoms. The van der Waals surface area contributed by atoms with Gasteiger partial charge in [-0.3, -0.25) is 4.79 Å². The third-order valence-electron chi connectivity index (χ3n) is 2.56. The second-order valence-electron chi connectivity index (χ2n) is 4.31. The van der Waals surface area contributed by atoms with Crippen molar-refractivity contribution in [3.63, 3.8) is 0 Å². The molecule has 0 saturated carbocycles. The predicted molar refractivity (Wildman–Crippen MR) is 68.5 cm³/mol. The van der Waals surface area contributed by atoms with Crippen molar-refractivity contribution < 1.29 is 9.18 Å². The summed E-state index contributed by atoms with van der Waals surface area (Å²) in [5, 5.41) is 11.3. The van der Waals surface area contributed by atoms with Crippen LogP contribution in [0.25, 0.3) is 11.6 Å². The molecule has 0 bridgehead atoms. The molecule has 5 nitrogen and oxygen atoms in total. The SMILES string of the molecule is CC(C)n1nnnc1C(C=O)=Cc1ccc(F)cc1. The maximum atomic E-state index is 12.8. The lowest BCUT2D eigenvalue weighted by Crippen LogP contribution is -2.08. The van der Waals surface area contributed by atoms with E-state index in [2.05, 4.69) is 15.5 Å². The summed E-state index contributed by atoms with van der Waals surface area (Å²) in [5.41, 5.74) is 1.06. The fourth-order valence-electron chi connectivity index (χ4n) is 1.62. The summed E-state index contributed by atoms with van der Waals surface area (Å²) in [6, 6.07) is 5.88. The van der Waals surface area contributed by atoms with E-state index in [0.29, 0.717) is 23.2 Å². The number of benzene rings is 1. The Hall–Kier alpha value is -2.37. The molecule has 0 saturated heterocycles. The van der Waals surface area contributed by atoms with E-state index in [4.69, 9.17) is 0 Å². The van der Waals surface area contributed by atoms with Crippen LogP contribution in [-0.2, 0) is 4.79 Å². The summed E-state index contributed by atoms with van der Waals surface area (Å²) in [6.07, 6.45) is 2.31. The third kappa shape index (κ3) is 2.90. The zero-order chi connectivity index (χ0) is 13.8. The number of carbonyl (C=O) groups excluding carboxylic acids is 1. The van der Waals surface area contributed by atoms with Gasteiger partial charge in [-0.25, -0.2) is 9.07 Å². The first kappa shape index (κ1) is 13.1. The molecule has 2 aromatic rings. The third-order valence-corrected chi connectivity index (χ3v) is 2.56. The van der Waals surface area contributed by atoms with E-state index >= 15 is 0 Å². The molecule has 0 radical (unpaired) electrons. The molecule has 0 N–H and O–H groups in total. The van der Waals surface area contributed by atoms with Crippen molar-refractivity contribution >= 4 is 17.9 Å². The van der Waals surface area contributed by atoms with Gasteiger partial charge >= 0.3 is 0 Å². The summed E-state index contributed by atoms with van der Waals surface area (Å²) in [5.74, 6) is 0.0751. The lowest BCUT2D eigenvalue weighted by Gasteiger charge is -2.07. The predicted octanol–water partition coefficient (Wildman–Crippen LogP) is 2.13. The summed E-state index contributed by atoms with van der Waals surface area (Å²) in [7, 11) is 0. The Bertz CT molecular complexity index is 601. The Kier molecular flexibility index (Phi) is 3.79. The van der Waals surface area contributed by atoms with Gasteiger partial charge in [0.15, 0.2) is 12.1 Å². The minimum Gasteiger partial charge on any atom is -0.298 e. The molecule has 0 amide bonds. The molecule has 1 heterocycles. The van der Waals surface area contributed by atoms with Crippen molar-refractivity contribution in [1.29, 1.82) is 0 Å². The fourth-order valence-corrected chi connectivity index (χ4v) is 1.62. The number of nitrogens with zero attached hydrogens (tertiary/aromatic N) is 4. The normalized spacial score (nSPS) is 11.9. The molecule has 0 spiro atoms. The summed E-state index contributed by atoms with van der Waals surface area (Å²) >= 11 is 0. The average molecular weight is 260 g/mol. The van der Waals surface area contributed by atoms with E-state index in [9.17, 15) is 9.18 Å². The summed E-state index contributed by atoms with van der Waals surface area (Å²) in [4.78, 5) is 11.2. The van der Waals surface area contributed by atoms with Crippen molar-refractivity contribution in [2.45, 2.75) is 19.9 Å². The maximum Gasteiger partial charge on any atom is 0.185 e. The summed E-state index contributed by atoms with van der Waals surface area (Å²) in [6.45, 7) is 3.83. The lowest BCUT2D eigenvalue weighted by atomic mass is 10.1. The Morgan fingerprint density at radius 1 is 1.32 bits per heavy atom. The van der Waals surface area contributed by atoms with Crippen LogP contribution in [-0.4, -0.2) is 26.5 Å². The number of aromatic nitrogens is 4. The number of halogens is 1. The zero-order valence-electron chi connectivity index (χ0n) is 10.6. The highest BCUT2D eigenvalue weighted by molar-refractivity contribution is 6.11. The van der Waals surface area contributed by atoms with Gasteiger partial charge in [-0.15, -0.1) is 5.10 Å². The van der Waals surface area contributed by atoms with Gasteiger partial charge in [-0.05, 0) is 48.0 Å². The van der Waals surface area contributed by atoms with Crippen LogP contribution >= 0.6 is 0 Å². The monoisotopic (exact) mass is 260 g/mol. The Balaban J connectivity index is 2.41. The molecule has 0 aliphatic heterocycles. The quantitative estimate of drug-likeness (QED) is 0.624. The van der Waals surface area contributed by atoms with Gasteiger partial charge < -0.3 is 0 Å². The number of hydrogen-bond donors (Lipinski definition) is 0. The minimum absolute atomic E-state index is 0.0431. The number of aldehydes is 1. The van der Waals surface area contributed by atoms with Crippen LogP contribution in [0.5, 0.6) is 0 Å². The molecule has 1 aromatic carbocycles. The summed E-state index contributed by atoms with van der Waals surface area (Å²) < 4.78 is 14.4. The average Bonchev–Trinajstić information content (AvgIpc) is 2.87. The standard InChI is InChI=1S/C13H13FN4O/c1-9(2)18-13(15-16-17-18)11(8-19)7-10-3-5-12(14)6-4-10/h3-9H,1-2H3. The second kappa shape index (κ2) is 5.51. The van der Waals surface area contributed by atoms with Crippen LogP contribution in [0, 0.1) is 5.82 Å². The van der Waals surface area contributed by atoms with Gasteiger partial charge in [0, 0.05) is 0 Å². The first-order valence-corrected chi connectivity index (χ1v) is 5.82. The largest absolute Gasteiger partial charge is 0.298 e. The lowest BCUT2D eigenvalue weighted by molar-refractivity contribution is -0.103. The highest BCUT2D eigenvalue weighted by Gasteiger charge is 2.13. The van der Waals surface area contributed by atoms with E-state index in [1.807, 2.05) is 13.8 Å². The number of allylic oxidation sites excluding steroid dienone is 1.